The molecule has 0 saturated carbocycles. The lowest BCUT2D eigenvalue weighted by Gasteiger charge is -2.43. The van der Waals surface area contributed by atoms with E-state index in [1.165, 1.54) is 22.3 Å². The number of benzene rings is 10. The normalized spacial score (nSPS) is 13.8. The fourth-order valence-electron chi connectivity index (χ4n) is 11.8. The molecule has 0 amide bonds. The summed E-state index contributed by atoms with van der Waals surface area (Å²) in [6.45, 7) is 9.32. The summed E-state index contributed by atoms with van der Waals surface area (Å²) in [5.41, 5.74) is 15.8. The highest BCUT2D eigenvalue weighted by molar-refractivity contribution is 6.12. The van der Waals surface area contributed by atoms with E-state index >= 15 is 0 Å². The van der Waals surface area contributed by atoms with Gasteiger partial charge in [-0.1, -0.05) is 222 Å². The van der Waals surface area contributed by atoms with Gasteiger partial charge in [0.1, 0.15) is 0 Å². The van der Waals surface area contributed by atoms with Crippen molar-refractivity contribution in [2.24, 2.45) is 0 Å². The quantitative estimate of drug-likeness (QED) is 0.149. The summed E-state index contributed by atoms with van der Waals surface area (Å²) >= 11 is 0. The smallest absolute Gasteiger partial charge is 0.164 e. The van der Waals surface area contributed by atoms with Gasteiger partial charge in [0.2, 0.25) is 0 Å². The molecule has 8 heteroatoms. The van der Waals surface area contributed by atoms with E-state index in [1.54, 1.807) is 0 Å². The first-order chi connectivity index (χ1) is 38.2. The number of hydrogen-bond donors (Lipinski definition) is 0. The lowest BCUT2D eigenvalue weighted by Crippen LogP contribution is -2.31. The van der Waals surface area contributed by atoms with Crippen molar-refractivity contribution in [3.8, 4) is 68.3 Å². The van der Waals surface area contributed by atoms with E-state index in [-0.39, 0.29) is 10.8 Å². The Labute approximate surface area is 454 Å². The first kappa shape index (κ1) is 46.6. The monoisotopic (exact) mass is 1000 g/mol. The van der Waals surface area contributed by atoms with Crippen LogP contribution >= 0.6 is 0 Å². The van der Waals surface area contributed by atoms with E-state index < -0.39 is 0 Å². The van der Waals surface area contributed by atoms with E-state index in [1.807, 2.05) is 72.8 Å². The van der Waals surface area contributed by atoms with Crippen LogP contribution < -0.4 is 9.80 Å². The second-order valence-corrected chi connectivity index (χ2v) is 21.2. The van der Waals surface area contributed by atoms with Crippen LogP contribution in [-0.4, -0.2) is 29.9 Å². The number of fused-ring (bicyclic) bond motifs is 5. The van der Waals surface area contributed by atoms with Gasteiger partial charge in [-0.2, -0.15) is 0 Å². The summed E-state index contributed by atoms with van der Waals surface area (Å²) in [4.78, 5) is 36.8. The van der Waals surface area contributed by atoms with Crippen LogP contribution in [-0.2, 0) is 10.8 Å². The van der Waals surface area contributed by atoms with Crippen molar-refractivity contribution in [2.45, 2.75) is 38.5 Å². The highest BCUT2D eigenvalue weighted by Gasteiger charge is 2.40. The zero-order chi connectivity index (χ0) is 52.5. The van der Waals surface area contributed by atoms with Gasteiger partial charge < -0.3 is 9.80 Å². The number of para-hydroxylation sites is 4. The SMILES string of the molecule is CC1(C)c2ccccc2N(c2cc(-c3nc(-c4ccccc4)nc(-c4ccccc4)n3)cc3c(N4c5ccccc5C(C)(C)c5ccccc54)cc(-c4nc(-c5ccccc5)nc(-c5ccccc5)n4)cc23)c2ccccc21. The third-order valence-corrected chi connectivity index (χ3v) is 15.7. The zero-order valence-corrected chi connectivity index (χ0v) is 43.7. The number of nitrogens with zero attached hydrogens (tertiary/aromatic N) is 8. The summed E-state index contributed by atoms with van der Waals surface area (Å²) in [5, 5.41) is 1.97. The van der Waals surface area contributed by atoms with Crippen molar-refractivity contribution in [2.75, 3.05) is 9.80 Å². The van der Waals surface area contributed by atoms with Crippen molar-refractivity contribution in [3.63, 3.8) is 0 Å². The molecule has 0 radical (unpaired) electrons. The van der Waals surface area contributed by atoms with Crippen molar-refractivity contribution >= 4 is 44.9 Å². The van der Waals surface area contributed by atoms with E-state index in [2.05, 4.69) is 207 Å². The van der Waals surface area contributed by atoms with Crippen LogP contribution in [0.2, 0.25) is 0 Å². The number of anilines is 6. The largest absolute Gasteiger partial charge is 0.309 e. The van der Waals surface area contributed by atoms with Gasteiger partial charge in [0.05, 0.1) is 34.1 Å². The molecule has 0 N–H and O–H groups in total. The number of aromatic nitrogens is 6. The van der Waals surface area contributed by atoms with Crippen LogP contribution in [0.25, 0.3) is 79.1 Å². The van der Waals surface area contributed by atoms with E-state index in [0.29, 0.717) is 34.9 Å². The molecule has 12 aromatic rings. The molecule has 14 rings (SSSR count). The maximum absolute atomic E-state index is 5.40. The fraction of sp³-hybridized carbons (Fsp3) is 0.0857. The molecule has 78 heavy (non-hydrogen) atoms. The van der Waals surface area contributed by atoms with Gasteiger partial charge in [-0.25, -0.2) is 29.9 Å². The number of hydrogen-bond acceptors (Lipinski definition) is 8. The highest BCUT2D eigenvalue weighted by atomic mass is 15.2. The third-order valence-electron chi connectivity index (χ3n) is 15.7. The molecule has 2 aliphatic heterocycles. The van der Waals surface area contributed by atoms with Gasteiger partial charge in [-0.15, -0.1) is 0 Å². The maximum Gasteiger partial charge on any atom is 0.164 e. The molecule has 372 valence electrons. The standard InChI is InChI=1S/C70H52N8/c1-69(2)53-33-17-21-37-57(53)77(58-38-22-18-34-54(58)69)61-43-49(67-73-63(45-25-9-5-10-26-45)71-64(74-67)46-27-11-6-12-28-46)42-52-51(61)41-50(68-75-65(47-29-13-7-14-30-47)72-66(76-68)48-31-15-8-16-32-48)44-62(52)78-59-39-23-19-35-55(59)70(3,4)56-36-20-24-40-60(56)78/h5-44H,1-4H3. The summed E-state index contributed by atoms with van der Waals surface area (Å²) < 4.78 is 0. The first-order valence-corrected chi connectivity index (χ1v) is 26.5. The van der Waals surface area contributed by atoms with E-state index in [9.17, 15) is 0 Å². The highest BCUT2D eigenvalue weighted by Crippen LogP contribution is 2.57. The maximum atomic E-state index is 5.40. The molecule has 10 aromatic carbocycles. The molecule has 0 spiro atoms. The Morgan fingerprint density at radius 1 is 0.231 bits per heavy atom. The van der Waals surface area contributed by atoms with Gasteiger partial charge in [-0.05, 0) is 70.8 Å². The van der Waals surface area contributed by atoms with Crippen LogP contribution in [0.15, 0.2) is 243 Å². The first-order valence-electron chi connectivity index (χ1n) is 26.5. The second kappa shape index (κ2) is 18.4. The second-order valence-electron chi connectivity index (χ2n) is 21.2. The minimum Gasteiger partial charge on any atom is -0.309 e. The Morgan fingerprint density at radius 2 is 0.449 bits per heavy atom. The minimum atomic E-state index is -0.308. The topological polar surface area (TPSA) is 83.8 Å². The molecule has 0 aliphatic carbocycles. The molecular formula is C70H52N8. The predicted molar refractivity (Wildman–Crippen MR) is 317 cm³/mol. The molecule has 2 aromatic heterocycles. The summed E-state index contributed by atoms with van der Waals surface area (Å²) in [7, 11) is 0. The Bertz CT molecular complexity index is 3780. The van der Waals surface area contributed by atoms with E-state index in [4.69, 9.17) is 29.9 Å². The van der Waals surface area contributed by atoms with Crippen molar-refractivity contribution in [1.29, 1.82) is 0 Å². The molecule has 0 atom stereocenters. The molecule has 0 fully saturated rings. The zero-order valence-electron chi connectivity index (χ0n) is 43.7. The van der Waals surface area contributed by atoms with Gasteiger partial charge in [0.15, 0.2) is 34.9 Å². The summed E-state index contributed by atoms with van der Waals surface area (Å²) in [6, 6.07) is 85.2. The molecule has 4 heterocycles. The lowest BCUT2D eigenvalue weighted by molar-refractivity contribution is 0.632. The Balaban J connectivity index is 1.15. The molecular weight excluding hydrogens is 953 g/mol. The van der Waals surface area contributed by atoms with Gasteiger partial charge in [0, 0.05) is 55.0 Å². The van der Waals surface area contributed by atoms with Crippen LogP contribution in [0, 0.1) is 0 Å². The molecule has 2 aliphatic rings. The van der Waals surface area contributed by atoms with Crippen LogP contribution in [0.3, 0.4) is 0 Å². The van der Waals surface area contributed by atoms with Gasteiger partial charge >= 0.3 is 0 Å². The molecule has 8 nitrogen and oxygen atoms in total. The van der Waals surface area contributed by atoms with Crippen LogP contribution in [0.1, 0.15) is 49.9 Å². The van der Waals surface area contributed by atoms with Crippen LogP contribution in [0.5, 0.6) is 0 Å². The molecule has 0 bridgehead atoms. The predicted octanol–water partition coefficient (Wildman–Crippen LogP) is 17.4. The third kappa shape index (κ3) is 7.75. The van der Waals surface area contributed by atoms with Crippen LogP contribution in [0.4, 0.5) is 34.1 Å². The Hall–Kier alpha value is -9.92. The van der Waals surface area contributed by atoms with Crippen molar-refractivity contribution in [3.05, 3.63) is 265 Å². The Morgan fingerprint density at radius 3 is 0.705 bits per heavy atom. The average Bonchev–Trinajstić information content (AvgIpc) is 3.68. The van der Waals surface area contributed by atoms with Crippen molar-refractivity contribution < 1.29 is 0 Å². The number of rotatable bonds is 8. The molecule has 0 unspecified atom stereocenters. The van der Waals surface area contributed by atoms with E-state index in [0.717, 1.165) is 78.3 Å². The van der Waals surface area contributed by atoms with Crippen molar-refractivity contribution in [1.82, 2.24) is 29.9 Å². The molecule has 0 saturated heterocycles. The Kier molecular flexibility index (Phi) is 11.0. The minimum absolute atomic E-state index is 0.308. The average molecular weight is 1010 g/mol. The summed E-state index contributed by atoms with van der Waals surface area (Å²) in [6.07, 6.45) is 0. The van der Waals surface area contributed by atoms with Gasteiger partial charge in [0.25, 0.3) is 0 Å². The summed E-state index contributed by atoms with van der Waals surface area (Å²) in [5.74, 6) is 3.46. The lowest BCUT2D eigenvalue weighted by atomic mass is 9.73. The fourth-order valence-corrected chi connectivity index (χ4v) is 11.8. The van der Waals surface area contributed by atoms with Gasteiger partial charge in [-0.3, -0.25) is 0 Å².